The van der Waals surface area contributed by atoms with Gasteiger partial charge in [-0.1, -0.05) is 36.4 Å². The van der Waals surface area contributed by atoms with Gasteiger partial charge in [0.25, 0.3) is 0 Å². The van der Waals surface area contributed by atoms with E-state index >= 15 is 0 Å². The zero-order valence-corrected chi connectivity index (χ0v) is 30.8. The van der Waals surface area contributed by atoms with Crippen LogP contribution in [0.5, 0.6) is 23.0 Å². The minimum absolute atomic E-state index is 0.0216. The molecule has 2 unspecified atom stereocenters. The molecule has 0 amide bonds. The SMILES string of the molecule is COc1ccc2c3c1O[C@H]1[C@@H](OC)C=C[C@H]4[C@@H](C2)[NH+](C)CC[C@@]341.COc1ccc2c3c1O[C@H]1[C@@H](OC)C=C[C@H]4[C@@H](C2)[NH+](C)CC[C@@]341.O=S(=O)([O-])[O-]. The van der Waals surface area contributed by atoms with Crippen LogP contribution in [0, 0.1) is 11.8 Å². The van der Waals surface area contributed by atoms with Crippen LogP contribution >= 0.6 is 0 Å². The third-order valence-corrected chi connectivity index (χ3v) is 13.5. The summed E-state index contributed by atoms with van der Waals surface area (Å²) in [5.74, 6) is 4.76. The van der Waals surface area contributed by atoms with E-state index in [1.54, 1.807) is 38.2 Å². The number of hydrogen-bond donors (Lipinski definition) is 2. The third-order valence-electron chi connectivity index (χ3n) is 13.5. The van der Waals surface area contributed by atoms with Gasteiger partial charge in [-0.15, -0.1) is 0 Å². The van der Waals surface area contributed by atoms with Crippen LogP contribution in [0.1, 0.15) is 35.1 Å². The topological polar surface area (TPSA) is 145 Å². The summed E-state index contributed by atoms with van der Waals surface area (Å²) in [6.07, 6.45) is 14.0. The van der Waals surface area contributed by atoms with Gasteiger partial charge < -0.3 is 47.3 Å². The van der Waals surface area contributed by atoms with Crippen molar-refractivity contribution in [1.29, 1.82) is 0 Å². The van der Waals surface area contributed by atoms with Gasteiger partial charge in [0.2, 0.25) is 0 Å². The van der Waals surface area contributed by atoms with E-state index in [-0.39, 0.29) is 35.2 Å². The number of likely N-dealkylation sites (tertiary alicyclic amines) is 2. The van der Waals surface area contributed by atoms with E-state index in [0.717, 1.165) is 48.7 Å². The van der Waals surface area contributed by atoms with Crippen LogP contribution in [0.3, 0.4) is 0 Å². The van der Waals surface area contributed by atoms with E-state index in [4.69, 9.17) is 45.9 Å². The smallest absolute Gasteiger partial charge is 0.165 e. The van der Waals surface area contributed by atoms with Gasteiger partial charge in [0.05, 0.1) is 64.3 Å². The molecule has 4 aliphatic carbocycles. The first kappa shape index (κ1) is 34.9. The molecule has 12 nitrogen and oxygen atoms in total. The third kappa shape index (κ3) is 5.03. The molecule has 4 heterocycles. The maximum Gasteiger partial charge on any atom is 0.165 e. The van der Waals surface area contributed by atoms with Gasteiger partial charge in [0.1, 0.15) is 24.4 Å². The average molecular weight is 725 g/mol. The number of rotatable bonds is 4. The summed E-state index contributed by atoms with van der Waals surface area (Å²) in [4.78, 5) is 3.30. The first-order chi connectivity index (χ1) is 24.4. The Hall–Kier alpha value is -3.17. The first-order valence-corrected chi connectivity index (χ1v) is 19.2. The highest BCUT2D eigenvalue weighted by molar-refractivity contribution is 7.79. The molecule has 51 heavy (non-hydrogen) atoms. The van der Waals surface area contributed by atoms with Crippen LogP contribution in [-0.2, 0) is 43.5 Å². The summed E-state index contributed by atoms with van der Waals surface area (Å²) < 4.78 is 69.9. The predicted octanol–water partition coefficient (Wildman–Crippen LogP) is 0.138. The largest absolute Gasteiger partial charge is 0.759 e. The molecule has 2 N–H and O–H groups in total. The van der Waals surface area contributed by atoms with E-state index < -0.39 is 10.4 Å². The van der Waals surface area contributed by atoms with Gasteiger partial charge >= 0.3 is 0 Å². The lowest BCUT2D eigenvalue weighted by molar-refractivity contribution is -0.917. The molecule has 4 aliphatic heterocycles. The van der Waals surface area contributed by atoms with Crippen molar-refractivity contribution in [2.24, 2.45) is 11.8 Å². The monoisotopic (exact) mass is 724 g/mol. The van der Waals surface area contributed by atoms with Crippen LogP contribution in [0.15, 0.2) is 48.6 Å². The fraction of sp³-hybridized carbons (Fsp3) is 0.579. The highest BCUT2D eigenvalue weighted by atomic mass is 32.3. The van der Waals surface area contributed by atoms with Crippen molar-refractivity contribution in [2.75, 3.05) is 55.6 Å². The van der Waals surface area contributed by atoms with Gasteiger partial charge in [-0.05, 0) is 23.3 Å². The maximum atomic E-state index is 8.52. The second-order valence-corrected chi connectivity index (χ2v) is 16.2. The molecule has 0 saturated carbocycles. The molecule has 2 aromatic rings. The summed E-state index contributed by atoms with van der Waals surface area (Å²) >= 11 is 0. The second-order valence-electron chi connectivity index (χ2n) is 15.4. The number of piperidine rings is 2. The quantitative estimate of drug-likeness (QED) is 0.254. The molecule has 2 aromatic carbocycles. The summed E-state index contributed by atoms with van der Waals surface area (Å²) in [6, 6.07) is 9.93. The van der Waals surface area contributed by atoms with Gasteiger partial charge in [-0.3, -0.25) is 8.42 Å². The Morgan fingerprint density at radius 3 is 1.43 bits per heavy atom. The minimum Gasteiger partial charge on any atom is -0.759 e. The lowest BCUT2D eigenvalue weighted by Crippen LogP contribution is -3.16. The van der Waals surface area contributed by atoms with Crippen molar-refractivity contribution < 1.29 is 55.7 Å². The van der Waals surface area contributed by atoms with Crippen molar-refractivity contribution in [3.05, 3.63) is 70.8 Å². The number of methoxy groups -OCH3 is 4. The number of likely N-dealkylation sites (N-methyl/N-ethyl adjacent to an activating group) is 2. The molecule has 0 radical (unpaired) electrons. The molecule has 0 aromatic heterocycles. The molecular formula is C38H48N2O10S. The number of quaternary nitrogens is 2. The fourth-order valence-electron chi connectivity index (χ4n) is 11.4. The second kappa shape index (κ2) is 12.5. The van der Waals surface area contributed by atoms with E-state index in [0.29, 0.717) is 23.9 Å². The highest BCUT2D eigenvalue weighted by Gasteiger charge is 2.67. The summed E-state index contributed by atoms with van der Waals surface area (Å²) in [7, 11) is 6.56. The average Bonchev–Trinajstić information content (AvgIpc) is 3.64. The van der Waals surface area contributed by atoms with Crippen LogP contribution < -0.4 is 28.7 Å². The number of nitrogens with one attached hydrogen (secondary N) is 2. The van der Waals surface area contributed by atoms with E-state index in [9.17, 15) is 0 Å². The number of benzene rings is 2. The molecule has 10 rings (SSSR count). The Labute approximate surface area is 299 Å². The van der Waals surface area contributed by atoms with Crippen LogP contribution in [0.2, 0.25) is 0 Å². The Bertz CT molecular complexity index is 1760. The van der Waals surface area contributed by atoms with Crippen molar-refractivity contribution in [3.63, 3.8) is 0 Å². The maximum absolute atomic E-state index is 8.52. The zero-order chi connectivity index (χ0) is 36.0. The molecule has 12 atom stereocenters. The van der Waals surface area contributed by atoms with Crippen molar-refractivity contribution in [2.45, 2.75) is 73.0 Å². The Balaban J connectivity index is 0.000000130. The Morgan fingerprint density at radius 1 is 0.686 bits per heavy atom. The van der Waals surface area contributed by atoms with E-state index in [2.05, 4.69) is 62.7 Å². The number of hydrogen-bond acceptors (Lipinski definition) is 10. The zero-order valence-electron chi connectivity index (χ0n) is 30.0. The molecule has 4 bridgehead atoms. The van der Waals surface area contributed by atoms with E-state index in [1.165, 1.54) is 35.3 Å². The first-order valence-electron chi connectivity index (χ1n) is 17.9. The van der Waals surface area contributed by atoms with Gasteiger partial charge in [-0.25, -0.2) is 0 Å². The summed E-state index contributed by atoms with van der Waals surface area (Å²) in [5, 5.41) is 0. The van der Waals surface area contributed by atoms with Crippen LogP contribution in [0.25, 0.3) is 0 Å². The van der Waals surface area contributed by atoms with Crippen molar-refractivity contribution >= 4 is 10.4 Å². The molecular weight excluding hydrogens is 676 g/mol. The highest BCUT2D eigenvalue weighted by Crippen LogP contribution is 2.62. The lowest BCUT2D eigenvalue weighted by Gasteiger charge is -2.54. The molecule has 2 saturated heterocycles. The van der Waals surface area contributed by atoms with Crippen LogP contribution in [-0.4, -0.2) is 110 Å². The van der Waals surface area contributed by atoms with Gasteiger partial charge in [-0.2, -0.15) is 0 Å². The summed E-state index contributed by atoms with van der Waals surface area (Å²) in [6.45, 7) is 2.39. The minimum atomic E-state index is -5.17. The van der Waals surface area contributed by atoms with Gasteiger partial charge in [0, 0.05) is 73.3 Å². The molecule has 2 spiro atoms. The van der Waals surface area contributed by atoms with Crippen molar-refractivity contribution in [3.8, 4) is 23.0 Å². The van der Waals surface area contributed by atoms with Crippen LogP contribution in [0.4, 0.5) is 0 Å². The molecule has 13 heteroatoms. The molecule has 276 valence electrons. The number of ether oxygens (including phenoxy) is 6. The lowest BCUT2D eigenvalue weighted by atomic mass is 9.53. The fourth-order valence-corrected chi connectivity index (χ4v) is 11.4. The molecule has 2 fully saturated rings. The molecule has 8 aliphatic rings. The van der Waals surface area contributed by atoms with E-state index in [1.807, 2.05) is 0 Å². The summed E-state index contributed by atoms with van der Waals surface area (Å²) in [5.41, 5.74) is 5.88. The normalized spacial score (nSPS) is 39.1. The predicted molar refractivity (Wildman–Crippen MR) is 183 cm³/mol. The standard InChI is InChI=1S/2C19H23NO3.H2O4S/c2*1-20-9-8-19-12-5-7-15(22-3)18(19)23-17-14(21-2)6-4-11(16(17)19)10-13(12)20;1-5(2,3)4/h2*4-7,12-13,15,18H,8-10H2,1-3H3;(H2,1,2,3,4)/t2*12-,13+,15-,18-,19-;/m00./s1. The van der Waals surface area contributed by atoms with Crippen molar-refractivity contribution in [1.82, 2.24) is 0 Å². The van der Waals surface area contributed by atoms with Gasteiger partial charge in [0.15, 0.2) is 23.0 Å². The Morgan fingerprint density at radius 2 is 1.08 bits per heavy atom. The Kier molecular flexibility index (Phi) is 8.53.